The molecule has 3 aromatic carbocycles. The van der Waals surface area contributed by atoms with Gasteiger partial charge in [-0.1, -0.05) is 29.3 Å². The number of sulfone groups is 1. The highest BCUT2D eigenvalue weighted by Crippen LogP contribution is 2.30. The van der Waals surface area contributed by atoms with Gasteiger partial charge in [0.1, 0.15) is 11.4 Å². The van der Waals surface area contributed by atoms with Crippen LogP contribution in [0, 0.1) is 0 Å². The maximum Gasteiger partial charge on any atom is 0.372 e. The molecule has 0 bridgehead atoms. The van der Waals surface area contributed by atoms with E-state index < -0.39 is 38.2 Å². The molecule has 0 aliphatic rings. The Hall–Kier alpha value is -2.96. The molecule has 39 heavy (non-hydrogen) atoms. The first-order valence-electron chi connectivity index (χ1n) is 11.1. The minimum Gasteiger partial charge on any atom is -0.481 e. The molecule has 0 aromatic heterocycles. The van der Waals surface area contributed by atoms with Crippen LogP contribution in [-0.2, 0) is 35.1 Å². The zero-order valence-corrected chi connectivity index (χ0v) is 24.5. The molecule has 1 unspecified atom stereocenters. The van der Waals surface area contributed by atoms with Gasteiger partial charge in [-0.15, -0.1) is 0 Å². The van der Waals surface area contributed by atoms with E-state index in [0.29, 0.717) is 14.9 Å². The lowest BCUT2D eigenvalue weighted by atomic mass is 10.2. The molecule has 0 heterocycles. The largest absolute Gasteiger partial charge is 0.481 e. The number of rotatable bonds is 7. The van der Waals surface area contributed by atoms with E-state index in [1.54, 1.807) is 39.0 Å². The third-order valence-corrected chi connectivity index (χ3v) is 7.50. The molecule has 1 N–H and O–H groups in total. The quantitative estimate of drug-likeness (QED) is 0.204. The highest BCUT2D eigenvalue weighted by Gasteiger charge is 2.19. The van der Waals surface area contributed by atoms with Gasteiger partial charge in [0.2, 0.25) is 0 Å². The lowest BCUT2D eigenvalue weighted by molar-refractivity contribution is -0.182. The molecule has 13 heteroatoms. The fraction of sp³-hybridized carbons (Fsp3) is 0.231. The minimum atomic E-state index is -3.35. The van der Waals surface area contributed by atoms with Gasteiger partial charge in [-0.25, -0.2) is 22.2 Å². The van der Waals surface area contributed by atoms with Crippen molar-refractivity contribution in [2.24, 2.45) is 0 Å². The Morgan fingerprint density at radius 2 is 1.56 bits per heavy atom. The summed E-state index contributed by atoms with van der Waals surface area (Å²) in [5.41, 5.74) is -0.423. The van der Waals surface area contributed by atoms with Crippen LogP contribution in [0.3, 0.4) is 0 Å². The normalized spacial score (nSPS) is 12.0. The second-order valence-corrected chi connectivity index (χ2v) is 13.2. The van der Waals surface area contributed by atoms with Crippen LogP contribution in [0.4, 0.5) is 0 Å². The van der Waals surface area contributed by atoms with E-state index in [2.05, 4.69) is 4.89 Å². The van der Waals surface area contributed by atoms with Crippen molar-refractivity contribution in [2.75, 3.05) is 12.9 Å². The van der Waals surface area contributed by atoms with E-state index >= 15 is 0 Å². The second-order valence-electron chi connectivity index (χ2n) is 8.87. The van der Waals surface area contributed by atoms with Crippen molar-refractivity contribution in [3.8, 4) is 5.75 Å². The van der Waals surface area contributed by atoms with Gasteiger partial charge in [0.05, 0.1) is 26.2 Å². The predicted octanol–water partition coefficient (Wildman–Crippen LogP) is 5.60. The Balaban J connectivity index is 0.000000404. The standard InChI is InChI=1S/C19H21ClO6S2.C7H5ClO3/c1-19(2,3)26-18(21)12-25-16-10-5-13(20)11-17(16)27(22)14-6-8-15(9-7-14)28(4,23)24;8-6-3-1-2-5(4-6)7(9)11-10/h5-11H,12H2,1-4H3;1-4,10H. The average Bonchev–Trinajstić information content (AvgIpc) is 2.86. The van der Waals surface area contributed by atoms with Crippen LogP contribution in [0.1, 0.15) is 31.1 Å². The minimum absolute atomic E-state index is 0.126. The summed E-state index contributed by atoms with van der Waals surface area (Å²) in [7, 11) is -5.05. The average molecular weight is 618 g/mol. The smallest absolute Gasteiger partial charge is 0.372 e. The van der Waals surface area contributed by atoms with Crippen molar-refractivity contribution in [1.82, 2.24) is 0 Å². The van der Waals surface area contributed by atoms with Crippen LogP contribution < -0.4 is 4.74 Å². The van der Waals surface area contributed by atoms with E-state index in [1.165, 1.54) is 48.5 Å². The van der Waals surface area contributed by atoms with Gasteiger partial charge in [0.15, 0.2) is 16.4 Å². The maximum absolute atomic E-state index is 13.0. The fourth-order valence-corrected chi connectivity index (χ4v) is 5.10. The van der Waals surface area contributed by atoms with Crippen LogP contribution >= 0.6 is 23.2 Å². The van der Waals surface area contributed by atoms with Gasteiger partial charge in [0.25, 0.3) is 0 Å². The Morgan fingerprint density at radius 1 is 0.949 bits per heavy atom. The molecule has 0 saturated heterocycles. The van der Waals surface area contributed by atoms with Crippen LogP contribution in [0.2, 0.25) is 10.0 Å². The number of carbonyl (C=O) groups is 2. The molecule has 3 rings (SSSR count). The summed E-state index contributed by atoms with van der Waals surface area (Å²) in [6.07, 6.45) is 1.10. The monoisotopic (exact) mass is 616 g/mol. The molecule has 9 nitrogen and oxygen atoms in total. The second kappa shape index (κ2) is 13.9. The zero-order valence-electron chi connectivity index (χ0n) is 21.3. The number of hydrogen-bond acceptors (Lipinski definition) is 9. The molecular formula is C26H26Cl2O9S2. The molecule has 0 radical (unpaired) electrons. The van der Waals surface area contributed by atoms with Crippen LogP contribution in [0.25, 0.3) is 0 Å². The molecule has 0 saturated carbocycles. The summed E-state index contributed by atoms with van der Waals surface area (Å²) >= 11 is 11.6. The molecule has 0 aliphatic carbocycles. The zero-order chi connectivity index (χ0) is 29.4. The van der Waals surface area contributed by atoms with E-state index in [0.717, 1.165) is 6.26 Å². The van der Waals surface area contributed by atoms with E-state index in [4.69, 9.17) is 37.9 Å². The van der Waals surface area contributed by atoms with E-state index in [9.17, 15) is 22.2 Å². The van der Waals surface area contributed by atoms with Gasteiger partial charge in [-0.2, -0.15) is 5.26 Å². The van der Waals surface area contributed by atoms with Crippen molar-refractivity contribution >= 4 is 55.8 Å². The van der Waals surface area contributed by atoms with Crippen molar-refractivity contribution in [2.45, 2.75) is 41.1 Å². The Labute approximate surface area is 238 Å². The SMILES string of the molecule is CC(C)(C)OC(=O)COc1ccc(Cl)cc1S(=O)c1ccc(S(C)(=O)=O)cc1.O=C(OO)c1cccc(Cl)c1. The number of esters is 1. The molecule has 0 aliphatic heterocycles. The molecule has 0 amide bonds. The summed E-state index contributed by atoms with van der Waals surface area (Å²) in [6.45, 7) is 4.88. The summed E-state index contributed by atoms with van der Waals surface area (Å²) in [5, 5.41) is 8.76. The summed E-state index contributed by atoms with van der Waals surface area (Å²) < 4.78 is 46.8. The van der Waals surface area contributed by atoms with Crippen LogP contribution in [0.15, 0.2) is 81.4 Å². The third-order valence-electron chi connectivity index (χ3n) is 4.48. The highest BCUT2D eigenvalue weighted by molar-refractivity contribution is 7.90. The fourth-order valence-electron chi connectivity index (χ4n) is 2.86. The maximum atomic E-state index is 13.0. The van der Waals surface area contributed by atoms with Crippen LogP contribution in [0.5, 0.6) is 5.75 Å². The summed E-state index contributed by atoms with van der Waals surface area (Å²) in [5.74, 6) is -1.15. The van der Waals surface area contributed by atoms with E-state index in [1.807, 2.05) is 0 Å². The Bertz CT molecular complexity index is 1450. The van der Waals surface area contributed by atoms with Gasteiger partial charge >= 0.3 is 11.9 Å². The molecule has 1 atom stereocenters. The first-order valence-corrected chi connectivity index (χ1v) is 14.9. The van der Waals surface area contributed by atoms with Crippen LogP contribution in [-0.4, -0.2) is 48.3 Å². The summed E-state index contributed by atoms with van der Waals surface area (Å²) in [4.78, 5) is 26.8. The number of hydrogen-bond donors (Lipinski definition) is 1. The molecular weight excluding hydrogens is 591 g/mol. The topological polar surface area (TPSA) is 133 Å². The first kappa shape index (κ1) is 32.3. The molecule has 3 aromatic rings. The first-order chi connectivity index (χ1) is 18.1. The van der Waals surface area contributed by atoms with Crippen molar-refractivity contribution in [3.05, 3.63) is 82.3 Å². The number of benzene rings is 3. The number of halogens is 2. The molecule has 0 fully saturated rings. The Morgan fingerprint density at radius 3 is 2.10 bits per heavy atom. The highest BCUT2D eigenvalue weighted by atomic mass is 35.5. The van der Waals surface area contributed by atoms with Crippen molar-refractivity contribution < 1.29 is 41.8 Å². The van der Waals surface area contributed by atoms with Gasteiger partial charge < -0.3 is 9.47 Å². The predicted molar refractivity (Wildman–Crippen MR) is 147 cm³/mol. The van der Waals surface area contributed by atoms with Gasteiger partial charge in [-0.3, -0.25) is 4.89 Å². The molecule has 210 valence electrons. The van der Waals surface area contributed by atoms with Gasteiger partial charge in [-0.05, 0) is 81.4 Å². The number of carbonyl (C=O) groups excluding carboxylic acids is 2. The van der Waals surface area contributed by atoms with Crippen molar-refractivity contribution in [3.63, 3.8) is 0 Å². The Kier molecular flexibility index (Phi) is 11.5. The lowest BCUT2D eigenvalue weighted by Crippen LogP contribution is -2.27. The lowest BCUT2D eigenvalue weighted by Gasteiger charge is -2.20. The number of ether oxygens (including phenoxy) is 2. The van der Waals surface area contributed by atoms with Crippen molar-refractivity contribution in [1.29, 1.82) is 0 Å². The van der Waals surface area contributed by atoms with Gasteiger partial charge in [0, 0.05) is 21.2 Å². The summed E-state index contributed by atoms with van der Waals surface area (Å²) in [6, 6.07) is 16.4. The molecule has 0 spiro atoms. The van der Waals surface area contributed by atoms with E-state index in [-0.39, 0.29) is 27.7 Å². The third kappa shape index (κ3) is 10.6.